The molecule has 0 saturated heterocycles. The van der Waals surface area contributed by atoms with Crippen LogP contribution in [0.4, 0.5) is 5.69 Å². The summed E-state index contributed by atoms with van der Waals surface area (Å²) >= 11 is 1.48. The van der Waals surface area contributed by atoms with Gasteiger partial charge in [0.1, 0.15) is 0 Å². The van der Waals surface area contributed by atoms with Crippen LogP contribution in [0.25, 0.3) is 0 Å². The fourth-order valence-corrected chi connectivity index (χ4v) is 3.39. The Morgan fingerprint density at radius 1 is 1.39 bits per heavy atom. The highest BCUT2D eigenvalue weighted by Gasteiger charge is 2.26. The van der Waals surface area contributed by atoms with Gasteiger partial charge in [-0.3, -0.25) is 4.79 Å². The first-order valence-corrected chi connectivity index (χ1v) is 7.45. The van der Waals surface area contributed by atoms with Crippen LogP contribution in [0.1, 0.15) is 47.7 Å². The number of aryl methyl sites for hydroxylation is 1. The van der Waals surface area contributed by atoms with Crippen molar-refractivity contribution in [3.8, 4) is 0 Å². The van der Waals surface area contributed by atoms with Crippen molar-refractivity contribution in [3.63, 3.8) is 0 Å². The standard InChI is InChI=1S/C14H22N2OS/c1-8-4-5-11(6-9(8)2)16-14(17)13-7-12(15)10(3)18-13/h7-9,11H,4-6,15H2,1-3H3,(H,16,17). The fraction of sp³-hybridized carbons (Fsp3) is 0.643. The molecular weight excluding hydrogens is 244 g/mol. The minimum Gasteiger partial charge on any atom is -0.398 e. The number of nitrogens with two attached hydrogens (primary N) is 1. The zero-order valence-electron chi connectivity index (χ0n) is 11.3. The molecule has 0 aliphatic heterocycles. The van der Waals surface area contributed by atoms with Gasteiger partial charge >= 0.3 is 0 Å². The first kappa shape index (κ1) is 13.4. The average Bonchev–Trinajstić information content (AvgIpc) is 2.65. The van der Waals surface area contributed by atoms with E-state index in [1.165, 1.54) is 17.8 Å². The summed E-state index contributed by atoms with van der Waals surface area (Å²) in [6, 6.07) is 2.11. The van der Waals surface area contributed by atoms with Crippen LogP contribution >= 0.6 is 11.3 Å². The van der Waals surface area contributed by atoms with E-state index in [1.807, 2.05) is 6.92 Å². The monoisotopic (exact) mass is 266 g/mol. The summed E-state index contributed by atoms with van der Waals surface area (Å²) in [6.45, 7) is 6.52. The highest BCUT2D eigenvalue weighted by molar-refractivity contribution is 7.14. The third kappa shape index (κ3) is 2.86. The van der Waals surface area contributed by atoms with E-state index >= 15 is 0 Å². The van der Waals surface area contributed by atoms with Gasteiger partial charge in [-0.15, -0.1) is 11.3 Å². The van der Waals surface area contributed by atoms with E-state index in [0.717, 1.165) is 34.2 Å². The summed E-state index contributed by atoms with van der Waals surface area (Å²) in [7, 11) is 0. The van der Waals surface area contributed by atoms with Gasteiger partial charge in [-0.1, -0.05) is 13.8 Å². The van der Waals surface area contributed by atoms with Crippen molar-refractivity contribution in [3.05, 3.63) is 15.8 Å². The molecule has 1 fully saturated rings. The molecule has 1 aromatic rings. The van der Waals surface area contributed by atoms with E-state index in [-0.39, 0.29) is 5.91 Å². The molecule has 100 valence electrons. The lowest BCUT2D eigenvalue weighted by atomic mass is 9.79. The molecule has 1 heterocycles. The number of anilines is 1. The third-order valence-electron chi connectivity index (χ3n) is 4.11. The Balaban J connectivity index is 1.95. The van der Waals surface area contributed by atoms with Crippen molar-refractivity contribution in [2.45, 2.75) is 46.1 Å². The quantitative estimate of drug-likeness (QED) is 0.863. The number of nitrogen functional groups attached to an aromatic ring is 1. The van der Waals surface area contributed by atoms with Gasteiger partial charge in [-0.25, -0.2) is 0 Å². The molecule has 18 heavy (non-hydrogen) atoms. The van der Waals surface area contributed by atoms with Gasteiger partial charge < -0.3 is 11.1 Å². The van der Waals surface area contributed by atoms with Crippen LogP contribution in [0.5, 0.6) is 0 Å². The van der Waals surface area contributed by atoms with E-state index in [9.17, 15) is 4.79 Å². The topological polar surface area (TPSA) is 55.1 Å². The molecule has 3 nitrogen and oxygen atoms in total. The van der Waals surface area contributed by atoms with Crippen LogP contribution in [0.2, 0.25) is 0 Å². The van der Waals surface area contributed by atoms with E-state index in [0.29, 0.717) is 12.0 Å². The van der Waals surface area contributed by atoms with E-state index < -0.39 is 0 Å². The van der Waals surface area contributed by atoms with Gasteiger partial charge in [0.25, 0.3) is 5.91 Å². The summed E-state index contributed by atoms with van der Waals surface area (Å²) in [5.41, 5.74) is 6.50. The van der Waals surface area contributed by atoms with Gasteiger partial charge in [-0.05, 0) is 44.1 Å². The lowest BCUT2D eigenvalue weighted by molar-refractivity contribution is 0.0915. The number of hydrogen-bond donors (Lipinski definition) is 2. The first-order valence-electron chi connectivity index (χ1n) is 6.64. The van der Waals surface area contributed by atoms with Gasteiger partial charge in [0, 0.05) is 16.6 Å². The fourth-order valence-electron chi connectivity index (χ4n) is 2.54. The van der Waals surface area contributed by atoms with Gasteiger partial charge in [0.15, 0.2) is 0 Å². The minimum atomic E-state index is 0.0338. The van der Waals surface area contributed by atoms with Gasteiger partial charge in [0.05, 0.1) is 4.88 Å². The second-order valence-electron chi connectivity index (χ2n) is 5.56. The van der Waals surface area contributed by atoms with Gasteiger partial charge in [0.2, 0.25) is 0 Å². The lowest BCUT2D eigenvalue weighted by Crippen LogP contribution is -2.39. The van der Waals surface area contributed by atoms with Crippen LogP contribution in [0.15, 0.2) is 6.07 Å². The van der Waals surface area contributed by atoms with Gasteiger partial charge in [-0.2, -0.15) is 0 Å². The maximum absolute atomic E-state index is 12.1. The number of hydrogen-bond acceptors (Lipinski definition) is 3. The Morgan fingerprint density at radius 3 is 2.67 bits per heavy atom. The van der Waals surface area contributed by atoms with E-state index in [2.05, 4.69) is 19.2 Å². The van der Waals surface area contributed by atoms with Crippen molar-refractivity contribution in [1.82, 2.24) is 5.32 Å². The summed E-state index contributed by atoms with van der Waals surface area (Å²) in [4.78, 5) is 13.9. The van der Waals surface area contributed by atoms with E-state index in [4.69, 9.17) is 5.73 Å². The lowest BCUT2D eigenvalue weighted by Gasteiger charge is -2.32. The van der Waals surface area contributed by atoms with Crippen molar-refractivity contribution in [1.29, 1.82) is 0 Å². The second-order valence-corrected chi connectivity index (χ2v) is 6.82. The van der Waals surface area contributed by atoms with Crippen molar-refractivity contribution in [2.24, 2.45) is 11.8 Å². The molecule has 4 heteroatoms. The van der Waals surface area contributed by atoms with Crippen molar-refractivity contribution in [2.75, 3.05) is 5.73 Å². The molecule has 0 aromatic carbocycles. The normalized spacial score (nSPS) is 28.1. The van der Waals surface area contributed by atoms with Crippen LogP contribution < -0.4 is 11.1 Å². The maximum Gasteiger partial charge on any atom is 0.261 e. The Morgan fingerprint density at radius 2 is 2.11 bits per heavy atom. The van der Waals surface area contributed by atoms with Crippen LogP contribution in [0.3, 0.4) is 0 Å². The zero-order valence-corrected chi connectivity index (χ0v) is 12.1. The van der Waals surface area contributed by atoms with Crippen LogP contribution in [0, 0.1) is 18.8 Å². The largest absolute Gasteiger partial charge is 0.398 e. The number of amides is 1. The van der Waals surface area contributed by atoms with E-state index in [1.54, 1.807) is 6.07 Å². The minimum absolute atomic E-state index is 0.0338. The summed E-state index contributed by atoms with van der Waals surface area (Å²) in [5.74, 6) is 1.50. The smallest absolute Gasteiger partial charge is 0.261 e. The first-order chi connectivity index (χ1) is 8.47. The molecule has 3 unspecified atom stereocenters. The number of carbonyl (C=O) groups is 1. The number of rotatable bonds is 2. The Kier molecular flexibility index (Phi) is 3.95. The molecule has 0 bridgehead atoms. The SMILES string of the molecule is Cc1sc(C(=O)NC2CCC(C)C(C)C2)cc1N. The predicted octanol–water partition coefficient (Wildman–Crippen LogP) is 3.19. The number of carbonyl (C=O) groups excluding carboxylic acids is 1. The molecule has 1 aromatic heterocycles. The third-order valence-corrected chi connectivity index (χ3v) is 5.18. The Hall–Kier alpha value is -1.03. The van der Waals surface area contributed by atoms with Crippen LogP contribution in [-0.2, 0) is 0 Å². The Labute approximate surface area is 113 Å². The van der Waals surface area contributed by atoms with Crippen LogP contribution in [-0.4, -0.2) is 11.9 Å². The highest BCUT2D eigenvalue weighted by Crippen LogP contribution is 2.30. The molecule has 3 N–H and O–H groups in total. The van der Waals surface area contributed by atoms with Crippen molar-refractivity contribution < 1.29 is 4.79 Å². The summed E-state index contributed by atoms with van der Waals surface area (Å²) < 4.78 is 0. The molecule has 1 aliphatic rings. The molecule has 1 amide bonds. The summed E-state index contributed by atoms with van der Waals surface area (Å²) in [6.07, 6.45) is 3.39. The zero-order chi connectivity index (χ0) is 13.3. The summed E-state index contributed by atoms with van der Waals surface area (Å²) in [5, 5.41) is 3.14. The number of thiophene rings is 1. The van der Waals surface area contributed by atoms with Crippen molar-refractivity contribution >= 4 is 22.9 Å². The molecule has 2 rings (SSSR count). The molecule has 1 saturated carbocycles. The Bertz CT molecular complexity index is 422. The molecule has 0 spiro atoms. The number of nitrogens with one attached hydrogen (secondary N) is 1. The molecule has 0 radical (unpaired) electrons. The molecular formula is C14H22N2OS. The second kappa shape index (κ2) is 5.31. The predicted molar refractivity (Wildman–Crippen MR) is 76.9 cm³/mol. The highest BCUT2D eigenvalue weighted by atomic mass is 32.1. The molecule has 3 atom stereocenters. The molecule has 1 aliphatic carbocycles. The average molecular weight is 266 g/mol. The maximum atomic E-state index is 12.1.